The van der Waals surface area contributed by atoms with Crippen LogP contribution in [0.2, 0.25) is 0 Å². The van der Waals surface area contributed by atoms with Crippen molar-refractivity contribution in [3.05, 3.63) is 10.6 Å². The molecule has 1 fully saturated rings. The van der Waals surface area contributed by atoms with E-state index in [0.717, 1.165) is 36.7 Å². The number of nitrogens with one attached hydrogen (secondary N) is 1. The lowest BCUT2D eigenvalue weighted by Gasteiger charge is -2.27. The van der Waals surface area contributed by atoms with Crippen LogP contribution in [0.1, 0.15) is 54.4 Å². The quantitative estimate of drug-likeness (QED) is 0.844. The van der Waals surface area contributed by atoms with Crippen LogP contribution in [0, 0.1) is 0 Å². The molecule has 0 atom stereocenters. The van der Waals surface area contributed by atoms with Crippen LogP contribution < -0.4 is 5.32 Å². The maximum atomic E-state index is 12.3. The Morgan fingerprint density at radius 1 is 1.50 bits per heavy atom. The maximum Gasteiger partial charge on any atom is 0.265 e. The molecule has 1 aliphatic carbocycles. The molecule has 4 nitrogen and oxygen atoms in total. The van der Waals surface area contributed by atoms with Crippen LogP contribution in [-0.2, 0) is 6.42 Å². The molecule has 1 amide bonds. The van der Waals surface area contributed by atoms with E-state index in [9.17, 15) is 4.79 Å². The summed E-state index contributed by atoms with van der Waals surface area (Å²) in [5, 5.41) is 8.05. The van der Waals surface area contributed by atoms with Gasteiger partial charge in [0.1, 0.15) is 4.88 Å². The van der Waals surface area contributed by atoms with Crippen molar-refractivity contribution in [1.29, 1.82) is 0 Å². The second kappa shape index (κ2) is 6.10. The SMILES string of the molecule is CCCc1nnsc1C(=O)NC1(CBr)CCCC1. The monoisotopic (exact) mass is 331 g/mol. The Hall–Kier alpha value is -0.490. The second-order valence-corrected chi connectivity index (χ2v) is 6.19. The zero-order chi connectivity index (χ0) is 13.0. The fraction of sp³-hybridized carbons (Fsp3) is 0.750. The topological polar surface area (TPSA) is 54.9 Å². The molecule has 1 aromatic heterocycles. The average molecular weight is 332 g/mol. The number of nitrogens with zero attached hydrogens (tertiary/aromatic N) is 2. The molecule has 1 saturated carbocycles. The number of alkyl halides is 1. The second-order valence-electron chi connectivity index (χ2n) is 4.87. The Bertz CT molecular complexity index is 415. The highest BCUT2D eigenvalue weighted by Crippen LogP contribution is 2.31. The Morgan fingerprint density at radius 3 is 2.83 bits per heavy atom. The van der Waals surface area contributed by atoms with Gasteiger partial charge in [0.05, 0.1) is 11.2 Å². The smallest absolute Gasteiger partial charge is 0.265 e. The first-order valence-corrected chi connectivity index (χ1v) is 8.30. The van der Waals surface area contributed by atoms with E-state index in [0.29, 0.717) is 4.88 Å². The third-order valence-corrected chi connectivity index (χ3v) is 5.28. The van der Waals surface area contributed by atoms with Crippen molar-refractivity contribution in [2.75, 3.05) is 5.33 Å². The molecule has 1 aromatic rings. The predicted octanol–water partition coefficient (Wildman–Crippen LogP) is 2.93. The molecule has 0 aliphatic heterocycles. The van der Waals surface area contributed by atoms with E-state index in [-0.39, 0.29) is 11.4 Å². The summed E-state index contributed by atoms with van der Waals surface area (Å²) < 4.78 is 3.90. The summed E-state index contributed by atoms with van der Waals surface area (Å²) in [5.74, 6) is -0.00481. The molecular weight excluding hydrogens is 314 g/mol. The Balaban J connectivity index is 2.09. The van der Waals surface area contributed by atoms with Gasteiger partial charge in [-0.15, -0.1) is 5.10 Å². The van der Waals surface area contributed by atoms with Gasteiger partial charge in [-0.2, -0.15) is 0 Å². The van der Waals surface area contributed by atoms with Crippen molar-refractivity contribution in [3.8, 4) is 0 Å². The first-order chi connectivity index (χ1) is 8.71. The van der Waals surface area contributed by atoms with E-state index in [1.165, 1.54) is 24.4 Å². The molecule has 1 heterocycles. The molecule has 0 aromatic carbocycles. The molecule has 1 aliphatic rings. The molecule has 0 bridgehead atoms. The lowest BCUT2D eigenvalue weighted by molar-refractivity contribution is 0.0913. The first-order valence-electron chi connectivity index (χ1n) is 6.40. The average Bonchev–Trinajstić information content (AvgIpc) is 2.99. The van der Waals surface area contributed by atoms with E-state index in [2.05, 4.69) is 37.8 Å². The molecule has 0 radical (unpaired) electrons. The minimum Gasteiger partial charge on any atom is -0.345 e. The van der Waals surface area contributed by atoms with Crippen LogP contribution >= 0.6 is 27.5 Å². The van der Waals surface area contributed by atoms with Gasteiger partial charge < -0.3 is 5.32 Å². The summed E-state index contributed by atoms with van der Waals surface area (Å²) in [6.07, 6.45) is 6.29. The lowest BCUT2D eigenvalue weighted by Crippen LogP contribution is -2.47. The highest BCUT2D eigenvalue weighted by Gasteiger charge is 2.35. The number of aromatic nitrogens is 2. The van der Waals surface area contributed by atoms with Gasteiger partial charge in [-0.1, -0.05) is 46.6 Å². The molecule has 18 heavy (non-hydrogen) atoms. The van der Waals surface area contributed by atoms with Crippen molar-refractivity contribution in [2.24, 2.45) is 0 Å². The molecular formula is C12H18BrN3OS. The summed E-state index contributed by atoms with van der Waals surface area (Å²) in [6.45, 7) is 2.08. The molecule has 0 unspecified atom stereocenters. The van der Waals surface area contributed by atoms with Gasteiger partial charge >= 0.3 is 0 Å². The molecule has 6 heteroatoms. The minimum absolute atomic E-state index is 0.00481. The number of halogens is 1. The molecule has 0 spiro atoms. The van der Waals surface area contributed by atoms with Gasteiger partial charge in [-0.25, -0.2) is 0 Å². The molecule has 1 N–H and O–H groups in total. The van der Waals surface area contributed by atoms with E-state index in [1.54, 1.807) is 0 Å². The number of carbonyl (C=O) groups is 1. The van der Waals surface area contributed by atoms with Crippen molar-refractivity contribution in [2.45, 2.75) is 51.0 Å². The van der Waals surface area contributed by atoms with Crippen molar-refractivity contribution in [1.82, 2.24) is 14.9 Å². The third kappa shape index (κ3) is 2.91. The summed E-state index contributed by atoms with van der Waals surface area (Å²) in [7, 11) is 0. The molecule has 100 valence electrons. The zero-order valence-electron chi connectivity index (χ0n) is 10.5. The molecule has 0 saturated heterocycles. The van der Waals surface area contributed by atoms with E-state index in [4.69, 9.17) is 0 Å². The van der Waals surface area contributed by atoms with Gasteiger partial charge in [0.25, 0.3) is 5.91 Å². The lowest BCUT2D eigenvalue weighted by atomic mass is 10.0. The predicted molar refractivity (Wildman–Crippen MR) is 76.4 cm³/mol. The normalized spacial score (nSPS) is 17.9. The van der Waals surface area contributed by atoms with Crippen LogP contribution in [0.3, 0.4) is 0 Å². The Kier molecular flexibility index (Phi) is 4.72. The summed E-state index contributed by atoms with van der Waals surface area (Å²) >= 11 is 4.73. The van der Waals surface area contributed by atoms with Crippen LogP contribution in [0.15, 0.2) is 0 Å². The van der Waals surface area contributed by atoms with Gasteiger partial charge in [-0.05, 0) is 30.8 Å². The number of hydrogen-bond acceptors (Lipinski definition) is 4. The van der Waals surface area contributed by atoms with Gasteiger partial charge in [0.15, 0.2) is 0 Å². The fourth-order valence-corrected chi connectivity index (χ4v) is 3.73. The minimum atomic E-state index is -0.0649. The number of carbonyl (C=O) groups excluding carboxylic acids is 1. The zero-order valence-corrected chi connectivity index (χ0v) is 12.9. The fourth-order valence-electron chi connectivity index (χ4n) is 2.42. The van der Waals surface area contributed by atoms with Crippen LogP contribution in [-0.4, -0.2) is 26.4 Å². The van der Waals surface area contributed by atoms with Crippen LogP contribution in [0.25, 0.3) is 0 Å². The van der Waals surface area contributed by atoms with Crippen molar-refractivity contribution < 1.29 is 4.79 Å². The maximum absolute atomic E-state index is 12.3. The number of rotatable bonds is 5. The third-order valence-electron chi connectivity index (χ3n) is 3.44. The van der Waals surface area contributed by atoms with Crippen LogP contribution in [0.4, 0.5) is 0 Å². The summed E-state index contributed by atoms with van der Waals surface area (Å²) in [6, 6.07) is 0. The molecule has 2 rings (SSSR count). The van der Waals surface area contributed by atoms with Gasteiger partial charge in [-0.3, -0.25) is 4.79 Å². The van der Waals surface area contributed by atoms with E-state index < -0.39 is 0 Å². The number of hydrogen-bond donors (Lipinski definition) is 1. The van der Waals surface area contributed by atoms with Crippen LogP contribution in [0.5, 0.6) is 0 Å². The van der Waals surface area contributed by atoms with E-state index >= 15 is 0 Å². The van der Waals surface area contributed by atoms with Crippen molar-refractivity contribution >= 4 is 33.4 Å². The number of aryl methyl sites for hydroxylation is 1. The van der Waals surface area contributed by atoms with Gasteiger partial charge in [0.2, 0.25) is 0 Å². The summed E-state index contributed by atoms with van der Waals surface area (Å²) in [4.78, 5) is 13.0. The Labute approximate surface area is 120 Å². The van der Waals surface area contributed by atoms with Crippen molar-refractivity contribution in [3.63, 3.8) is 0 Å². The largest absolute Gasteiger partial charge is 0.345 e. The first kappa shape index (κ1) is 13.9. The number of amides is 1. The van der Waals surface area contributed by atoms with E-state index in [1.807, 2.05) is 0 Å². The highest BCUT2D eigenvalue weighted by atomic mass is 79.9. The Morgan fingerprint density at radius 2 is 2.22 bits per heavy atom. The summed E-state index contributed by atoms with van der Waals surface area (Å²) in [5.41, 5.74) is 0.771. The standard InChI is InChI=1S/C12H18BrN3OS/c1-2-5-9-10(18-16-15-9)11(17)14-12(8-13)6-3-4-7-12/h2-8H2,1H3,(H,14,17). The van der Waals surface area contributed by atoms with Gasteiger partial charge in [0, 0.05) is 5.33 Å². The highest BCUT2D eigenvalue weighted by molar-refractivity contribution is 9.09.